The Morgan fingerprint density at radius 2 is 2.00 bits per heavy atom. The molecule has 0 bridgehead atoms. The third-order valence-corrected chi connectivity index (χ3v) is 2.58. The molecular weight excluding hydrogens is 232 g/mol. The van der Waals surface area contributed by atoms with Gasteiger partial charge in [0.05, 0.1) is 19.3 Å². The fourth-order valence-electron chi connectivity index (χ4n) is 1.41. The zero-order valence-electron chi connectivity index (χ0n) is 11.1. The monoisotopic (exact) mass is 254 g/mol. The van der Waals surface area contributed by atoms with E-state index in [1.165, 1.54) is 0 Å². The summed E-state index contributed by atoms with van der Waals surface area (Å²) in [5.74, 6) is 1.29. The number of aliphatic hydroxyl groups excluding tert-OH is 2. The van der Waals surface area contributed by atoms with Crippen LogP contribution in [0.3, 0.4) is 0 Å². The van der Waals surface area contributed by atoms with Gasteiger partial charge >= 0.3 is 0 Å². The maximum absolute atomic E-state index is 9.47. The lowest BCUT2D eigenvalue weighted by molar-refractivity contribution is 0.102. The number of hydrogen-bond acceptors (Lipinski definition) is 4. The second-order valence-electron chi connectivity index (χ2n) is 4.15. The van der Waals surface area contributed by atoms with E-state index in [4.69, 9.17) is 9.47 Å². The van der Waals surface area contributed by atoms with Crippen LogP contribution < -0.4 is 9.47 Å². The van der Waals surface area contributed by atoms with Crippen LogP contribution in [-0.2, 0) is 6.61 Å². The van der Waals surface area contributed by atoms with Gasteiger partial charge in [0.2, 0.25) is 0 Å². The second kappa shape index (κ2) is 7.95. The average Bonchev–Trinajstić information content (AvgIpc) is 2.42. The van der Waals surface area contributed by atoms with Gasteiger partial charge in [0.1, 0.15) is 18.1 Å². The minimum absolute atomic E-state index is 0.0917. The molecule has 2 N–H and O–H groups in total. The van der Waals surface area contributed by atoms with Crippen LogP contribution >= 0.6 is 0 Å². The first-order valence-electron chi connectivity index (χ1n) is 6.38. The highest BCUT2D eigenvalue weighted by molar-refractivity contribution is 5.40. The maximum atomic E-state index is 9.47. The first-order valence-corrected chi connectivity index (χ1v) is 6.38. The Kier molecular flexibility index (Phi) is 6.54. The lowest BCUT2D eigenvalue weighted by Gasteiger charge is -2.14. The summed E-state index contributed by atoms with van der Waals surface area (Å²) in [6.07, 6.45) is 1.09. The minimum Gasteiger partial charge on any atom is -0.493 e. The van der Waals surface area contributed by atoms with Crippen molar-refractivity contribution in [1.82, 2.24) is 0 Å². The Morgan fingerprint density at radius 1 is 1.22 bits per heavy atom. The predicted molar refractivity (Wildman–Crippen MR) is 69.9 cm³/mol. The maximum Gasteiger partial charge on any atom is 0.128 e. The van der Waals surface area contributed by atoms with Crippen LogP contribution in [-0.4, -0.2) is 29.5 Å². The normalized spacial score (nSPS) is 12.2. The van der Waals surface area contributed by atoms with Crippen molar-refractivity contribution in [2.24, 2.45) is 0 Å². The molecule has 1 unspecified atom stereocenters. The molecule has 1 rings (SSSR count). The van der Waals surface area contributed by atoms with E-state index in [1.807, 2.05) is 19.9 Å². The highest BCUT2D eigenvalue weighted by Gasteiger charge is 2.08. The van der Waals surface area contributed by atoms with E-state index in [0.717, 1.165) is 12.2 Å². The molecule has 102 valence electrons. The molecule has 0 heterocycles. The van der Waals surface area contributed by atoms with Gasteiger partial charge in [-0.3, -0.25) is 0 Å². The summed E-state index contributed by atoms with van der Waals surface area (Å²) in [6.45, 7) is 4.71. The van der Waals surface area contributed by atoms with E-state index < -0.39 is 6.10 Å². The standard InChI is InChI=1S/C14H22O4/c1-3-7-17-13-6-5-11(9-15)14(8-13)18-10-12(16)4-2/h5-6,8,12,15-16H,3-4,7,9-10H2,1-2H3. The van der Waals surface area contributed by atoms with Gasteiger partial charge in [-0.05, 0) is 25.0 Å². The van der Waals surface area contributed by atoms with Gasteiger partial charge in [0.15, 0.2) is 0 Å². The zero-order chi connectivity index (χ0) is 13.4. The SMILES string of the molecule is CCCOc1ccc(CO)c(OCC(O)CC)c1. The lowest BCUT2D eigenvalue weighted by Crippen LogP contribution is -2.16. The molecule has 0 fully saturated rings. The van der Waals surface area contributed by atoms with Crippen molar-refractivity contribution in [3.63, 3.8) is 0 Å². The molecule has 1 aromatic rings. The molecule has 0 amide bonds. The summed E-state index contributed by atoms with van der Waals surface area (Å²) in [4.78, 5) is 0. The van der Waals surface area contributed by atoms with Crippen molar-refractivity contribution in [2.45, 2.75) is 39.4 Å². The molecule has 1 atom stereocenters. The predicted octanol–water partition coefficient (Wildman–Crippen LogP) is 2.12. The summed E-state index contributed by atoms with van der Waals surface area (Å²) >= 11 is 0. The summed E-state index contributed by atoms with van der Waals surface area (Å²) in [5, 5.41) is 18.7. The topological polar surface area (TPSA) is 58.9 Å². The molecule has 0 aliphatic heterocycles. The van der Waals surface area contributed by atoms with Crippen LogP contribution in [0.15, 0.2) is 18.2 Å². The van der Waals surface area contributed by atoms with Gasteiger partial charge < -0.3 is 19.7 Å². The molecule has 0 saturated carbocycles. The smallest absolute Gasteiger partial charge is 0.128 e. The lowest BCUT2D eigenvalue weighted by atomic mass is 10.2. The zero-order valence-corrected chi connectivity index (χ0v) is 11.1. The Labute approximate surface area is 108 Å². The van der Waals surface area contributed by atoms with Gasteiger partial charge in [0.25, 0.3) is 0 Å². The Morgan fingerprint density at radius 3 is 2.61 bits per heavy atom. The van der Waals surface area contributed by atoms with E-state index in [1.54, 1.807) is 12.1 Å². The van der Waals surface area contributed by atoms with Crippen LogP contribution in [0, 0.1) is 0 Å². The van der Waals surface area contributed by atoms with E-state index in [9.17, 15) is 10.2 Å². The molecular formula is C14H22O4. The third-order valence-electron chi connectivity index (χ3n) is 2.58. The fourth-order valence-corrected chi connectivity index (χ4v) is 1.41. The average molecular weight is 254 g/mol. The fraction of sp³-hybridized carbons (Fsp3) is 0.571. The number of rotatable bonds is 8. The van der Waals surface area contributed by atoms with Gasteiger partial charge in [-0.25, -0.2) is 0 Å². The van der Waals surface area contributed by atoms with Gasteiger partial charge in [-0.1, -0.05) is 13.8 Å². The van der Waals surface area contributed by atoms with Crippen molar-refractivity contribution >= 4 is 0 Å². The molecule has 4 heteroatoms. The van der Waals surface area contributed by atoms with E-state index >= 15 is 0 Å². The summed E-state index contributed by atoms with van der Waals surface area (Å²) in [7, 11) is 0. The highest BCUT2D eigenvalue weighted by Crippen LogP contribution is 2.25. The van der Waals surface area contributed by atoms with Crippen molar-refractivity contribution in [1.29, 1.82) is 0 Å². The highest BCUT2D eigenvalue weighted by atomic mass is 16.5. The van der Waals surface area contributed by atoms with E-state index in [2.05, 4.69) is 0 Å². The van der Waals surface area contributed by atoms with Crippen LogP contribution in [0.4, 0.5) is 0 Å². The first-order chi connectivity index (χ1) is 8.71. The Hall–Kier alpha value is -1.26. The summed E-state index contributed by atoms with van der Waals surface area (Å²) < 4.78 is 11.0. The number of benzene rings is 1. The van der Waals surface area contributed by atoms with Crippen LogP contribution in [0.5, 0.6) is 11.5 Å². The molecule has 0 radical (unpaired) electrons. The molecule has 4 nitrogen and oxygen atoms in total. The van der Waals surface area contributed by atoms with Crippen molar-refractivity contribution in [2.75, 3.05) is 13.2 Å². The van der Waals surface area contributed by atoms with Crippen molar-refractivity contribution in [3.05, 3.63) is 23.8 Å². The molecule has 18 heavy (non-hydrogen) atoms. The summed E-state index contributed by atoms with van der Waals surface area (Å²) in [6, 6.07) is 5.34. The van der Waals surface area contributed by atoms with Gasteiger partial charge in [-0.2, -0.15) is 0 Å². The second-order valence-corrected chi connectivity index (χ2v) is 4.15. The van der Waals surface area contributed by atoms with Crippen LogP contribution in [0.1, 0.15) is 32.3 Å². The molecule has 0 aromatic heterocycles. The Bertz CT molecular complexity index is 352. The van der Waals surface area contributed by atoms with E-state index in [-0.39, 0.29) is 13.2 Å². The summed E-state index contributed by atoms with van der Waals surface area (Å²) in [5.41, 5.74) is 0.696. The van der Waals surface area contributed by atoms with Gasteiger partial charge in [0, 0.05) is 11.6 Å². The molecule has 0 spiro atoms. The number of aliphatic hydroxyl groups is 2. The minimum atomic E-state index is -0.489. The van der Waals surface area contributed by atoms with Gasteiger partial charge in [-0.15, -0.1) is 0 Å². The molecule has 0 aliphatic carbocycles. The van der Waals surface area contributed by atoms with Crippen LogP contribution in [0.2, 0.25) is 0 Å². The van der Waals surface area contributed by atoms with E-state index in [0.29, 0.717) is 24.3 Å². The molecule has 0 aliphatic rings. The third kappa shape index (κ3) is 4.55. The largest absolute Gasteiger partial charge is 0.493 e. The quantitative estimate of drug-likeness (QED) is 0.746. The molecule has 0 saturated heterocycles. The van der Waals surface area contributed by atoms with Crippen molar-refractivity contribution in [3.8, 4) is 11.5 Å². The van der Waals surface area contributed by atoms with Crippen molar-refractivity contribution < 1.29 is 19.7 Å². The number of ether oxygens (including phenoxy) is 2. The molecule has 1 aromatic carbocycles. The first kappa shape index (κ1) is 14.8. The Balaban J connectivity index is 2.71. The van der Waals surface area contributed by atoms with Crippen LogP contribution in [0.25, 0.3) is 0 Å². The number of hydrogen-bond donors (Lipinski definition) is 2.